The van der Waals surface area contributed by atoms with Gasteiger partial charge in [0.1, 0.15) is 0 Å². The van der Waals surface area contributed by atoms with Crippen LogP contribution < -0.4 is 4.90 Å². The molecule has 2 aromatic carbocycles. The third kappa shape index (κ3) is 4.07. The molecule has 1 saturated heterocycles. The Balaban J connectivity index is 1.53. The van der Waals surface area contributed by atoms with Crippen molar-refractivity contribution in [3.05, 3.63) is 54.1 Å². The molecule has 1 N–H and O–H groups in total. The summed E-state index contributed by atoms with van der Waals surface area (Å²) in [6.45, 7) is 2.02. The summed E-state index contributed by atoms with van der Waals surface area (Å²) in [7, 11) is -3.09. The van der Waals surface area contributed by atoms with Crippen molar-refractivity contribution in [1.82, 2.24) is 9.97 Å². The molecule has 0 spiro atoms. The molecule has 0 aliphatic carbocycles. The highest BCUT2D eigenvalue weighted by atomic mass is 32.2. The van der Waals surface area contributed by atoms with Gasteiger partial charge in [0, 0.05) is 5.69 Å². The van der Waals surface area contributed by atoms with Gasteiger partial charge < -0.3 is 9.88 Å². The lowest BCUT2D eigenvalue weighted by Gasteiger charge is -2.28. The van der Waals surface area contributed by atoms with Crippen LogP contribution in [0.15, 0.2) is 53.7 Å². The highest BCUT2D eigenvalue weighted by molar-refractivity contribution is 7.99. The number of carbonyl (C=O) groups excluding carboxylic acids is 1. The van der Waals surface area contributed by atoms with Gasteiger partial charge in [0.15, 0.2) is 15.0 Å². The summed E-state index contributed by atoms with van der Waals surface area (Å²) in [5.41, 5.74) is 3.68. The van der Waals surface area contributed by atoms with Gasteiger partial charge in [0.25, 0.3) is 0 Å². The number of para-hydroxylation sites is 1. The zero-order chi connectivity index (χ0) is 19.7. The van der Waals surface area contributed by atoms with Crippen LogP contribution in [0.25, 0.3) is 11.0 Å². The zero-order valence-corrected chi connectivity index (χ0v) is 17.1. The van der Waals surface area contributed by atoms with Gasteiger partial charge >= 0.3 is 0 Å². The Labute approximate surface area is 168 Å². The summed E-state index contributed by atoms with van der Waals surface area (Å²) < 4.78 is 23.9. The largest absolute Gasteiger partial charge is 0.333 e. The number of amides is 1. The first-order valence-corrected chi connectivity index (χ1v) is 11.9. The number of carbonyl (C=O) groups is 1. The number of imidazole rings is 1. The Morgan fingerprint density at radius 3 is 2.75 bits per heavy atom. The fraction of sp³-hybridized carbons (Fsp3) is 0.300. The topological polar surface area (TPSA) is 83.1 Å². The molecule has 28 heavy (non-hydrogen) atoms. The molecule has 0 saturated carbocycles. The van der Waals surface area contributed by atoms with E-state index in [-0.39, 0.29) is 29.2 Å². The van der Waals surface area contributed by atoms with Crippen LogP contribution in [0.5, 0.6) is 0 Å². The number of nitrogens with zero attached hydrogens (tertiary/aromatic N) is 2. The molecule has 0 bridgehead atoms. The summed E-state index contributed by atoms with van der Waals surface area (Å²) >= 11 is 1.33. The molecule has 0 radical (unpaired) electrons. The predicted molar refractivity (Wildman–Crippen MR) is 113 cm³/mol. The fourth-order valence-electron chi connectivity index (χ4n) is 3.49. The van der Waals surface area contributed by atoms with Crippen molar-refractivity contribution < 1.29 is 13.2 Å². The number of hydrogen-bond acceptors (Lipinski definition) is 5. The standard InChI is InChI=1S/C20H21N3O3S2/c1-14-7-8-17-18(11-14)22-20(21-17)27-12-19(24)23(15-5-3-2-4-6-15)16-9-10-28(25,26)13-16/h2-8,11,16H,9-10,12-13H2,1H3,(H,21,22). The summed E-state index contributed by atoms with van der Waals surface area (Å²) in [6, 6.07) is 14.9. The van der Waals surface area contributed by atoms with E-state index in [1.54, 1.807) is 4.90 Å². The van der Waals surface area contributed by atoms with Crippen molar-refractivity contribution >= 4 is 44.2 Å². The van der Waals surface area contributed by atoms with E-state index in [0.717, 1.165) is 22.3 Å². The molecule has 1 amide bonds. The molecule has 2 heterocycles. The van der Waals surface area contributed by atoms with Gasteiger partial charge in [-0.1, -0.05) is 36.0 Å². The first kappa shape index (κ1) is 19.0. The van der Waals surface area contributed by atoms with Crippen molar-refractivity contribution in [3.8, 4) is 0 Å². The summed E-state index contributed by atoms with van der Waals surface area (Å²) in [4.78, 5) is 22.5. The van der Waals surface area contributed by atoms with Gasteiger partial charge in [0.2, 0.25) is 5.91 Å². The van der Waals surface area contributed by atoms with E-state index in [2.05, 4.69) is 9.97 Å². The van der Waals surface area contributed by atoms with Gasteiger partial charge in [-0.25, -0.2) is 13.4 Å². The van der Waals surface area contributed by atoms with Crippen molar-refractivity contribution in [3.63, 3.8) is 0 Å². The number of aromatic amines is 1. The van der Waals surface area contributed by atoms with Gasteiger partial charge in [0.05, 0.1) is 34.3 Å². The van der Waals surface area contributed by atoms with Gasteiger partial charge in [-0.15, -0.1) is 0 Å². The van der Waals surface area contributed by atoms with E-state index in [1.807, 2.05) is 55.5 Å². The number of anilines is 1. The van der Waals surface area contributed by atoms with Crippen molar-refractivity contribution in [2.45, 2.75) is 24.5 Å². The molecule has 8 heteroatoms. The molecule has 1 unspecified atom stereocenters. The number of fused-ring (bicyclic) bond motifs is 1. The van der Waals surface area contributed by atoms with Gasteiger partial charge in [-0.3, -0.25) is 4.79 Å². The lowest BCUT2D eigenvalue weighted by molar-refractivity contribution is -0.116. The lowest BCUT2D eigenvalue weighted by atomic mass is 10.2. The van der Waals surface area contributed by atoms with Crippen LogP contribution in [0.4, 0.5) is 5.69 Å². The maximum atomic E-state index is 13.1. The van der Waals surface area contributed by atoms with Crippen LogP contribution >= 0.6 is 11.8 Å². The highest BCUT2D eigenvalue weighted by Gasteiger charge is 2.35. The van der Waals surface area contributed by atoms with Crippen LogP contribution in [0.3, 0.4) is 0 Å². The monoisotopic (exact) mass is 415 g/mol. The number of aryl methyl sites for hydroxylation is 1. The molecule has 1 fully saturated rings. The van der Waals surface area contributed by atoms with Crippen LogP contribution in [-0.2, 0) is 14.6 Å². The van der Waals surface area contributed by atoms with E-state index in [0.29, 0.717) is 11.6 Å². The number of hydrogen-bond donors (Lipinski definition) is 1. The van der Waals surface area contributed by atoms with Crippen molar-refractivity contribution in [1.29, 1.82) is 0 Å². The smallest absolute Gasteiger partial charge is 0.237 e. The molecular formula is C20H21N3O3S2. The minimum atomic E-state index is -3.09. The van der Waals surface area contributed by atoms with Crippen molar-refractivity contribution in [2.24, 2.45) is 0 Å². The number of nitrogens with one attached hydrogen (secondary N) is 1. The SMILES string of the molecule is Cc1ccc2nc(SCC(=O)N(c3ccccc3)C3CCS(=O)(=O)C3)[nH]c2c1. The van der Waals surface area contributed by atoms with Crippen LogP contribution in [0, 0.1) is 6.92 Å². The maximum absolute atomic E-state index is 13.1. The first-order valence-electron chi connectivity index (χ1n) is 9.08. The number of H-pyrrole nitrogens is 1. The minimum Gasteiger partial charge on any atom is -0.333 e. The number of aromatic nitrogens is 2. The van der Waals surface area contributed by atoms with Gasteiger partial charge in [-0.05, 0) is 43.2 Å². The second-order valence-corrected chi connectivity index (χ2v) is 10.2. The van der Waals surface area contributed by atoms with Crippen LogP contribution in [-0.4, -0.2) is 47.6 Å². The van der Waals surface area contributed by atoms with Crippen molar-refractivity contribution in [2.75, 3.05) is 22.2 Å². The van der Waals surface area contributed by atoms with Crippen LogP contribution in [0.1, 0.15) is 12.0 Å². The molecule has 3 aromatic rings. The van der Waals surface area contributed by atoms with Gasteiger partial charge in [-0.2, -0.15) is 0 Å². The highest BCUT2D eigenvalue weighted by Crippen LogP contribution is 2.27. The average Bonchev–Trinajstić information content (AvgIpc) is 3.23. The number of thioether (sulfide) groups is 1. The molecule has 1 aromatic heterocycles. The lowest BCUT2D eigenvalue weighted by Crippen LogP contribution is -2.42. The Kier molecular flexibility index (Phi) is 5.16. The summed E-state index contributed by atoms with van der Waals surface area (Å²) in [5, 5.41) is 0.681. The second-order valence-electron chi connectivity index (χ2n) is 7.01. The van der Waals surface area contributed by atoms with E-state index in [1.165, 1.54) is 11.8 Å². The predicted octanol–water partition coefficient (Wildman–Crippen LogP) is 3.18. The van der Waals surface area contributed by atoms with E-state index < -0.39 is 9.84 Å². The Morgan fingerprint density at radius 2 is 2.04 bits per heavy atom. The molecule has 1 aliphatic heterocycles. The Bertz CT molecular complexity index is 1110. The Hall–Kier alpha value is -2.32. The molecule has 146 valence electrons. The Morgan fingerprint density at radius 1 is 1.25 bits per heavy atom. The minimum absolute atomic E-state index is 0.0161. The molecule has 6 nitrogen and oxygen atoms in total. The third-order valence-corrected chi connectivity index (χ3v) is 7.43. The van der Waals surface area contributed by atoms with Crippen LogP contribution in [0.2, 0.25) is 0 Å². The average molecular weight is 416 g/mol. The second kappa shape index (κ2) is 7.60. The number of sulfone groups is 1. The third-order valence-electron chi connectivity index (χ3n) is 4.82. The molecular weight excluding hydrogens is 394 g/mol. The summed E-state index contributed by atoms with van der Waals surface area (Å²) in [5.74, 6) is 0.214. The molecule has 4 rings (SSSR count). The van der Waals surface area contributed by atoms with E-state index in [4.69, 9.17) is 0 Å². The fourth-order valence-corrected chi connectivity index (χ4v) is 5.94. The number of benzene rings is 2. The first-order chi connectivity index (χ1) is 13.4. The molecule has 1 aliphatic rings. The normalized spacial score (nSPS) is 18.4. The van der Waals surface area contributed by atoms with E-state index in [9.17, 15) is 13.2 Å². The summed E-state index contributed by atoms with van der Waals surface area (Å²) in [6.07, 6.45) is 0.470. The molecule has 1 atom stereocenters. The quantitative estimate of drug-likeness (QED) is 0.647. The maximum Gasteiger partial charge on any atom is 0.237 e. The number of rotatable bonds is 5. The zero-order valence-electron chi connectivity index (χ0n) is 15.5. The van der Waals surface area contributed by atoms with E-state index >= 15 is 0 Å².